The molecule has 6 heteroatoms. The number of nitrogens with zero attached hydrogens (tertiary/aromatic N) is 2. The molecule has 1 unspecified atom stereocenters. The highest BCUT2D eigenvalue weighted by atomic mass is 32.1. The van der Waals surface area contributed by atoms with Gasteiger partial charge < -0.3 is 15.3 Å². The van der Waals surface area contributed by atoms with Crippen molar-refractivity contribution in [1.29, 1.82) is 0 Å². The number of aromatic nitrogens is 1. The fraction of sp³-hybridized carbons (Fsp3) is 0.438. The summed E-state index contributed by atoms with van der Waals surface area (Å²) < 4.78 is 13.0. The fourth-order valence-electron chi connectivity index (χ4n) is 2.10. The van der Waals surface area contributed by atoms with E-state index in [4.69, 9.17) is 0 Å². The molecule has 0 saturated heterocycles. The third-order valence-electron chi connectivity index (χ3n) is 3.48. The average molecular weight is 323 g/mol. The first-order valence-electron chi connectivity index (χ1n) is 7.12. The van der Waals surface area contributed by atoms with Crippen LogP contribution in [-0.2, 0) is 12.1 Å². The van der Waals surface area contributed by atoms with E-state index in [9.17, 15) is 9.50 Å². The van der Waals surface area contributed by atoms with Crippen LogP contribution in [0.2, 0.25) is 0 Å². The molecule has 0 amide bonds. The highest BCUT2D eigenvalue weighted by molar-refractivity contribution is 7.15. The number of halogens is 1. The molecule has 0 radical (unpaired) electrons. The van der Waals surface area contributed by atoms with Gasteiger partial charge in [-0.2, -0.15) is 0 Å². The van der Waals surface area contributed by atoms with Crippen LogP contribution >= 0.6 is 11.3 Å². The molecule has 1 aromatic heterocycles. The Balaban J connectivity index is 1.96. The van der Waals surface area contributed by atoms with Crippen LogP contribution in [0.5, 0.6) is 0 Å². The van der Waals surface area contributed by atoms with Crippen LogP contribution in [-0.4, -0.2) is 30.7 Å². The molecule has 4 nitrogen and oxygen atoms in total. The summed E-state index contributed by atoms with van der Waals surface area (Å²) in [7, 11) is 3.93. The van der Waals surface area contributed by atoms with Crippen molar-refractivity contribution >= 4 is 16.5 Å². The second kappa shape index (κ2) is 6.73. The first-order chi connectivity index (χ1) is 10.3. The van der Waals surface area contributed by atoms with Crippen molar-refractivity contribution < 1.29 is 9.50 Å². The number of aryl methyl sites for hydroxylation is 1. The molecule has 0 aliphatic carbocycles. The zero-order chi connectivity index (χ0) is 16.3. The maximum Gasteiger partial charge on any atom is 0.185 e. The predicted molar refractivity (Wildman–Crippen MR) is 88.9 cm³/mol. The van der Waals surface area contributed by atoms with Gasteiger partial charge in [-0.3, -0.25) is 0 Å². The molecule has 22 heavy (non-hydrogen) atoms. The summed E-state index contributed by atoms with van der Waals surface area (Å²) in [5, 5.41) is 14.7. The Morgan fingerprint density at radius 3 is 2.50 bits per heavy atom. The first-order valence-corrected chi connectivity index (χ1v) is 7.94. The van der Waals surface area contributed by atoms with Crippen LogP contribution in [0.1, 0.15) is 23.1 Å². The molecular formula is C16H22FN3OS. The van der Waals surface area contributed by atoms with Crippen molar-refractivity contribution in [3.05, 3.63) is 46.2 Å². The fourth-order valence-corrected chi connectivity index (χ4v) is 3.05. The smallest absolute Gasteiger partial charge is 0.185 e. The molecule has 1 atom stereocenters. The number of benzene rings is 1. The minimum Gasteiger partial charge on any atom is -0.384 e. The van der Waals surface area contributed by atoms with Crippen molar-refractivity contribution in [2.24, 2.45) is 0 Å². The van der Waals surface area contributed by atoms with E-state index in [2.05, 4.69) is 10.3 Å². The van der Waals surface area contributed by atoms with Crippen LogP contribution in [0.15, 0.2) is 24.3 Å². The molecule has 0 spiro atoms. The standard InChI is InChI=1S/C16H22FN3OS/c1-11-14(22-15(19-11)20(3)4)9-18-10-16(2,21)12-5-7-13(17)8-6-12/h5-8,18,21H,9-10H2,1-4H3. The maximum absolute atomic E-state index is 13.0. The van der Waals surface area contributed by atoms with Gasteiger partial charge in [0.1, 0.15) is 5.82 Å². The molecule has 0 fully saturated rings. The van der Waals surface area contributed by atoms with Gasteiger partial charge in [-0.25, -0.2) is 9.37 Å². The molecule has 2 rings (SSSR count). The van der Waals surface area contributed by atoms with Gasteiger partial charge in [0.15, 0.2) is 5.13 Å². The second-order valence-corrected chi connectivity index (χ2v) is 6.85. The van der Waals surface area contributed by atoms with Crippen LogP contribution in [0.3, 0.4) is 0 Å². The van der Waals surface area contributed by atoms with Gasteiger partial charge in [0.05, 0.1) is 11.3 Å². The summed E-state index contributed by atoms with van der Waals surface area (Å²) >= 11 is 1.64. The molecule has 0 aliphatic rings. The first kappa shape index (κ1) is 16.9. The second-order valence-electron chi connectivity index (χ2n) is 5.78. The Labute approximate surface area is 134 Å². The Morgan fingerprint density at radius 2 is 1.95 bits per heavy atom. The van der Waals surface area contributed by atoms with Gasteiger partial charge in [0, 0.05) is 32.1 Å². The summed E-state index contributed by atoms with van der Waals surface area (Å²) in [6.07, 6.45) is 0. The van der Waals surface area contributed by atoms with Crippen LogP contribution < -0.4 is 10.2 Å². The van der Waals surface area contributed by atoms with Crippen molar-refractivity contribution in [1.82, 2.24) is 10.3 Å². The molecule has 1 aromatic carbocycles. The average Bonchev–Trinajstić information content (AvgIpc) is 2.81. The highest BCUT2D eigenvalue weighted by Crippen LogP contribution is 2.25. The zero-order valence-corrected chi connectivity index (χ0v) is 14.2. The number of hydrogen-bond acceptors (Lipinski definition) is 5. The van der Waals surface area contributed by atoms with Crippen molar-refractivity contribution in [2.45, 2.75) is 26.0 Å². The molecule has 120 valence electrons. The normalized spacial score (nSPS) is 13.9. The summed E-state index contributed by atoms with van der Waals surface area (Å²) in [6, 6.07) is 5.94. The zero-order valence-electron chi connectivity index (χ0n) is 13.4. The van der Waals surface area contributed by atoms with Crippen LogP contribution in [0.25, 0.3) is 0 Å². The SMILES string of the molecule is Cc1nc(N(C)C)sc1CNCC(C)(O)c1ccc(F)cc1. The molecule has 0 aliphatic heterocycles. The predicted octanol–water partition coefficient (Wildman–Crippen LogP) is 2.65. The van der Waals surface area contributed by atoms with E-state index >= 15 is 0 Å². The third kappa shape index (κ3) is 4.03. The van der Waals surface area contributed by atoms with Gasteiger partial charge in [-0.15, -0.1) is 11.3 Å². The lowest BCUT2D eigenvalue weighted by Gasteiger charge is -2.24. The summed E-state index contributed by atoms with van der Waals surface area (Å²) in [6.45, 7) is 4.73. The maximum atomic E-state index is 13.0. The Morgan fingerprint density at radius 1 is 1.32 bits per heavy atom. The number of hydrogen-bond donors (Lipinski definition) is 2. The van der Waals surface area contributed by atoms with Gasteiger partial charge in [0.2, 0.25) is 0 Å². The van der Waals surface area contributed by atoms with Crippen molar-refractivity contribution in [2.75, 3.05) is 25.5 Å². The van der Waals surface area contributed by atoms with Gasteiger partial charge in [-0.05, 0) is 31.5 Å². The van der Waals surface area contributed by atoms with E-state index < -0.39 is 5.60 Å². The Hall–Kier alpha value is -1.50. The van der Waals surface area contributed by atoms with Crippen LogP contribution in [0, 0.1) is 12.7 Å². The van der Waals surface area contributed by atoms with E-state index in [1.54, 1.807) is 30.4 Å². The van der Waals surface area contributed by atoms with Crippen LogP contribution in [0.4, 0.5) is 9.52 Å². The summed E-state index contributed by atoms with van der Waals surface area (Å²) in [4.78, 5) is 7.63. The van der Waals surface area contributed by atoms with Crippen molar-refractivity contribution in [3.63, 3.8) is 0 Å². The molecule has 0 saturated carbocycles. The van der Waals surface area contributed by atoms with Gasteiger partial charge in [0.25, 0.3) is 0 Å². The van der Waals surface area contributed by atoms with E-state index in [-0.39, 0.29) is 5.82 Å². The number of anilines is 1. The molecular weight excluding hydrogens is 301 g/mol. The number of thiazole rings is 1. The highest BCUT2D eigenvalue weighted by Gasteiger charge is 2.22. The van der Waals surface area contributed by atoms with Crippen molar-refractivity contribution in [3.8, 4) is 0 Å². The molecule has 2 aromatic rings. The minimum absolute atomic E-state index is 0.302. The van der Waals surface area contributed by atoms with Gasteiger partial charge in [-0.1, -0.05) is 12.1 Å². The number of aliphatic hydroxyl groups is 1. The monoisotopic (exact) mass is 323 g/mol. The van der Waals surface area contributed by atoms with E-state index in [0.717, 1.165) is 15.7 Å². The Kier molecular flexibility index (Phi) is 5.16. The lowest BCUT2D eigenvalue weighted by Crippen LogP contribution is -2.35. The minimum atomic E-state index is -1.04. The molecule has 1 heterocycles. The Bertz CT molecular complexity index is 623. The third-order valence-corrected chi connectivity index (χ3v) is 4.81. The summed E-state index contributed by atoms with van der Waals surface area (Å²) in [5.41, 5.74) is 0.649. The lowest BCUT2D eigenvalue weighted by atomic mass is 9.96. The quantitative estimate of drug-likeness (QED) is 0.858. The number of rotatable bonds is 6. The molecule has 2 N–H and O–H groups in total. The van der Waals surface area contributed by atoms with Gasteiger partial charge >= 0.3 is 0 Å². The number of nitrogens with one attached hydrogen (secondary N) is 1. The van der Waals surface area contributed by atoms with E-state index in [1.165, 1.54) is 12.1 Å². The largest absolute Gasteiger partial charge is 0.384 e. The summed E-state index contributed by atoms with van der Waals surface area (Å²) in [5.74, 6) is -0.302. The lowest BCUT2D eigenvalue weighted by molar-refractivity contribution is 0.0566. The topological polar surface area (TPSA) is 48.4 Å². The van der Waals surface area contributed by atoms with E-state index in [1.807, 2.05) is 25.9 Å². The molecule has 0 bridgehead atoms. The van der Waals surface area contributed by atoms with E-state index in [0.29, 0.717) is 18.7 Å².